The van der Waals surface area contributed by atoms with E-state index in [0.717, 1.165) is 17.3 Å². The van der Waals surface area contributed by atoms with Crippen LogP contribution in [0.1, 0.15) is 16.8 Å². The van der Waals surface area contributed by atoms with Gasteiger partial charge in [-0.15, -0.1) is 0 Å². The van der Waals surface area contributed by atoms with Gasteiger partial charge in [0.25, 0.3) is 0 Å². The van der Waals surface area contributed by atoms with Crippen molar-refractivity contribution in [1.29, 1.82) is 5.26 Å². The number of halogens is 1. The van der Waals surface area contributed by atoms with Gasteiger partial charge in [0, 0.05) is 11.4 Å². The highest BCUT2D eigenvalue weighted by Gasteiger charge is 2.13. The summed E-state index contributed by atoms with van der Waals surface area (Å²) in [5.41, 5.74) is 1.16. The van der Waals surface area contributed by atoms with Gasteiger partial charge in [0.2, 0.25) is 5.91 Å². The Hall–Kier alpha value is -2.66. The molecule has 0 saturated heterocycles. The predicted octanol–water partition coefficient (Wildman–Crippen LogP) is 2.13. The minimum absolute atomic E-state index is 0.0550. The van der Waals surface area contributed by atoms with Gasteiger partial charge >= 0.3 is 5.69 Å². The smallest absolute Gasteiger partial charge is 0.325 e. The quantitative estimate of drug-likeness (QED) is 0.660. The monoisotopic (exact) mass is 332 g/mol. The summed E-state index contributed by atoms with van der Waals surface area (Å²) in [7, 11) is 0. The molecule has 1 aromatic heterocycles. The molecule has 0 atom stereocenters. The normalized spacial score (nSPS) is 10.2. The average Bonchev–Trinajstić information content (AvgIpc) is 2.48. The number of carbonyl (C=O) groups is 1. The number of anilines is 1. The van der Waals surface area contributed by atoms with Crippen LogP contribution in [0.15, 0.2) is 28.0 Å². The molecule has 0 fully saturated rings. The number of aryl methyl sites for hydroxylation is 2. The van der Waals surface area contributed by atoms with Gasteiger partial charge in [0.15, 0.2) is 0 Å². The predicted molar refractivity (Wildman–Crippen MR) is 84.8 cm³/mol. The third-order valence-electron chi connectivity index (χ3n) is 3.01. The van der Waals surface area contributed by atoms with Crippen molar-refractivity contribution >= 4 is 23.4 Å². The molecule has 2 N–H and O–H groups in total. The molecule has 0 bridgehead atoms. The molecule has 2 rings (SSSR count). The summed E-state index contributed by atoms with van der Waals surface area (Å²) in [4.78, 5) is 29.5. The second-order valence-corrected chi connectivity index (χ2v) is 5.72. The Labute approximate surface area is 135 Å². The number of amides is 1. The van der Waals surface area contributed by atoms with Crippen LogP contribution < -0.4 is 11.0 Å². The van der Waals surface area contributed by atoms with Gasteiger partial charge in [0.05, 0.1) is 5.75 Å². The van der Waals surface area contributed by atoms with Crippen LogP contribution in [0.2, 0.25) is 0 Å². The number of hydrogen-bond donors (Lipinski definition) is 2. The number of aromatic amines is 1. The second kappa shape index (κ2) is 7.07. The Morgan fingerprint density at radius 3 is 2.91 bits per heavy atom. The third kappa shape index (κ3) is 4.17. The van der Waals surface area contributed by atoms with Gasteiger partial charge in [-0.1, -0.05) is 17.8 Å². The number of nitrogens with zero attached hydrogens (tertiary/aromatic N) is 2. The van der Waals surface area contributed by atoms with E-state index in [1.54, 1.807) is 19.9 Å². The number of nitriles is 1. The average molecular weight is 332 g/mol. The first-order valence-electron chi connectivity index (χ1n) is 6.60. The molecular formula is C15H13FN4O2S. The number of thioether (sulfide) groups is 1. The maximum Gasteiger partial charge on any atom is 0.346 e. The van der Waals surface area contributed by atoms with Gasteiger partial charge < -0.3 is 10.3 Å². The van der Waals surface area contributed by atoms with Crippen LogP contribution in [0.25, 0.3) is 0 Å². The first kappa shape index (κ1) is 16.7. The van der Waals surface area contributed by atoms with Crippen LogP contribution >= 0.6 is 11.8 Å². The maximum absolute atomic E-state index is 13.2. The molecule has 0 radical (unpaired) electrons. The number of aromatic nitrogens is 2. The molecule has 1 aromatic carbocycles. The van der Waals surface area contributed by atoms with Crippen molar-refractivity contribution in [2.24, 2.45) is 0 Å². The van der Waals surface area contributed by atoms with Crippen molar-refractivity contribution in [3.8, 4) is 6.07 Å². The summed E-state index contributed by atoms with van der Waals surface area (Å²) in [6.07, 6.45) is 0. The highest BCUT2D eigenvalue weighted by atomic mass is 32.2. The Bertz CT molecular complexity index is 858. The molecule has 8 heteroatoms. The lowest BCUT2D eigenvalue weighted by molar-refractivity contribution is -0.113. The SMILES string of the molecule is Cc1ccc(F)cc1NC(=O)CSc1nc(=O)[nH]c(C)c1C#N. The largest absolute Gasteiger partial charge is 0.346 e. The van der Waals surface area contributed by atoms with Crippen LogP contribution in [0, 0.1) is 31.0 Å². The van der Waals surface area contributed by atoms with Gasteiger partial charge in [-0.25, -0.2) is 9.18 Å². The minimum atomic E-state index is -0.578. The topological polar surface area (TPSA) is 98.6 Å². The zero-order chi connectivity index (χ0) is 17.0. The lowest BCUT2D eigenvalue weighted by Crippen LogP contribution is -2.18. The van der Waals surface area contributed by atoms with Crippen LogP contribution in [0.3, 0.4) is 0 Å². The standard InChI is InChI=1S/C15H13FN4O2S/c1-8-3-4-10(16)5-12(8)19-13(21)7-23-14-11(6-17)9(2)18-15(22)20-14/h3-5H,7H2,1-2H3,(H,19,21)(H,18,20,22). The van der Waals surface area contributed by atoms with Gasteiger partial charge in [-0.3, -0.25) is 4.79 Å². The number of rotatable bonds is 4. The number of carbonyl (C=O) groups excluding carboxylic acids is 1. The fourth-order valence-electron chi connectivity index (χ4n) is 1.84. The molecule has 23 heavy (non-hydrogen) atoms. The van der Waals surface area contributed by atoms with Crippen molar-refractivity contribution in [2.45, 2.75) is 18.9 Å². The van der Waals surface area contributed by atoms with Crippen LogP contribution in [0.4, 0.5) is 10.1 Å². The molecule has 6 nitrogen and oxygen atoms in total. The molecule has 0 aliphatic carbocycles. The molecule has 0 aliphatic rings. The van der Waals surface area contributed by atoms with E-state index in [4.69, 9.17) is 5.26 Å². The van der Waals surface area contributed by atoms with Crippen molar-refractivity contribution in [1.82, 2.24) is 9.97 Å². The van der Waals surface area contributed by atoms with E-state index >= 15 is 0 Å². The minimum Gasteiger partial charge on any atom is -0.325 e. The summed E-state index contributed by atoms with van der Waals surface area (Å²) in [5, 5.41) is 11.9. The number of H-pyrrole nitrogens is 1. The highest BCUT2D eigenvalue weighted by Crippen LogP contribution is 2.21. The number of benzene rings is 1. The van der Waals surface area contributed by atoms with E-state index in [9.17, 15) is 14.0 Å². The van der Waals surface area contributed by atoms with E-state index < -0.39 is 11.5 Å². The molecule has 118 valence electrons. The maximum atomic E-state index is 13.2. The molecule has 0 spiro atoms. The first-order chi connectivity index (χ1) is 10.9. The van der Waals surface area contributed by atoms with Crippen LogP contribution in [-0.4, -0.2) is 21.6 Å². The lowest BCUT2D eigenvalue weighted by Gasteiger charge is -2.09. The summed E-state index contributed by atoms with van der Waals surface area (Å²) < 4.78 is 13.2. The lowest BCUT2D eigenvalue weighted by atomic mass is 10.2. The molecule has 0 unspecified atom stereocenters. The van der Waals surface area contributed by atoms with Crippen molar-refractivity contribution in [3.63, 3.8) is 0 Å². The van der Waals surface area contributed by atoms with E-state index in [1.165, 1.54) is 12.1 Å². The van der Waals surface area contributed by atoms with Crippen molar-refractivity contribution in [3.05, 3.63) is 51.3 Å². The fraction of sp³-hybridized carbons (Fsp3) is 0.200. The molecule has 0 aliphatic heterocycles. The molecule has 1 amide bonds. The number of nitrogens with one attached hydrogen (secondary N) is 2. The molecule has 1 heterocycles. The van der Waals surface area contributed by atoms with E-state index in [0.29, 0.717) is 11.4 Å². The molecule has 2 aromatic rings. The third-order valence-corrected chi connectivity index (χ3v) is 3.99. The molecular weight excluding hydrogens is 319 g/mol. The Morgan fingerprint density at radius 2 is 2.22 bits per heavy atom. The first-order valence-corrected chi connectivity index (χ1v) is 7.59. The Kier molecular flexibility index (Phi) is 5.13. The van der Waals surface area contributed by atoms with Gasteiger partial charge in [-0.05, 0) is 31.5 Å². The molecule has 0 saturated carbocycles. The Balaban J connectivity index is 2.10. The van der Waals surface area contributed by atoms with Gasteiger partial charge in [-0.2, -0.15) is 10.2 Å². The van der Waals surface area contributed by atoms with E-state index in [2.05, 4.69) is 15.3 Å². The van der Waals surface area contributed by atoms with Gasteiger partial charge in [0.1, 0.15) is 22.5 Å². The van der Waals surface area contributed by atoms with Crippen molar-refractivity contribution in [2.75, 3.05) is 11.1 Å². The summed E-state index contributed by atoms with van der Waals surface area (Å²) >= 11 is 0.978. The fourth-order valence-corrected chi connectivity index (χ4v) is 2.68. The zero-order valence-corrected chi connectivity index (χ0v) is 13.3. The Morgan fingerprint density at radius 1 is 1.48 bits per heavy atom. The van der Waals surface area contributed by atoms with E-state index in [-0.39, 0.29) is 22.2 Å². The summed E-state index contributed by atoms with van der Waals surface area (Å²) in [6, 6.07) is 6.05. The van der Waals surface area contributed by atoms with Crippen molar-refractivity contribution < 1.29 is 9.18 Å². The highest BCUT2D eigenvalue weighted by molar-refractivity contribution is 8.00. The van der Waals surface area contributed by atoms with E-state index in [1.807, 2.05) is 6.07 Å². The van der Waals surface area contributed by atoms with Crippen LogP contribution in [-0.2, 0) is 4.79 Å². The summed E-state index contributed by atoms with van der Waals surface area (Å²) in [5.74, 6) is -0.884. The zero-order valence-electron chi connectivity index (χ0n) is 12.4. The summed E-state index contributed by atoms with van der Waals surface area (Å²) in [6.45, 7) is 3.33. The number of hydrogen-bond acceptors (Lipinski definition) is 5. The van der Waals surface area contributed by atoms with Crippen LogP contribution in [0.5, 0.6) is 0 Å². The second-order valence-electron chi connectivity index (χ2n) is 4.76.